The van der Waals surface area contributed by atoms with Crippen molar-refractivity contribution in [2.45, 2.75) is 56.9 Å². The van der Waals surface area contributed by atoms with Gasteiger partial charge in [-0.15, -0.1) is 0 Å². The maximum Gasteiger partial charge on any atom is 0.244 e. The second kappa shape index (κ2) is 11.7. The Balaban J connectivity index is 1.35. The number of nitrogens with zero attached hydrogens (tertiary/aromatic N) is 2. The highest BCUT2D eigenvalue weighted by atomic mass is 16.2. The van der Waals surface area contributed by atoms with Crippen LogP contribution < -0.4 is 10.2 Å². The first-order chi connectivity index (χ1) is 18.5. The zero-order chi connectivity index (χ0) is 26.5. The summed E-state index contributed by atoms with van der Waals surface area (Å²) in [5, 5.41) is 4.49. The monoisotopic (exact) mass is 508 g/mol. The van der Waals surface area contributed by atoms with E-state index in [1.807, 2.05) is 73.8 Å². The Kier molecular flexibility index (Phi) is 7.99. The van der Waals surface area contributed by atoms with E-state index in [9.17, 15) is 9.59 Å². The van der Waals surface area contributed by atoms with Crippen LogP contribution in [-0.2, 0) is 16.0 Å². The van der Waals surface area contributed by atoms with Gasteiger partial charge in [0.25, 0.3) is 0 Å². The lowest BCUT2D eigenvalue weighted by molar-refractivity contribution is -0.120. The summed E-state index contributed by atoms with van der Waals surface area (Å²) in [5.74, 6) is 0.102. The molecule has 2 atom stereocenters. The third kappa shape index (κ3) is 5.55. The number of aromatic amines is 1. The summed E-state index contributed by atoms with van der Waals surface area (Å²) in [7, 11) is 1.80. The summed E-state index contributed by atoms with van der Waals surface area (Å²) in [6.45, 7) is 2.36. The Morgan fingerprint density at radius 1 is 1.08 bits per heavy atom. The summed E-state index contributed by atoms with van der Waals surface area (Å²) in [6.07, 6.45) is 8.23. The lowest BCUT2D eigenvalue weighted by Gasteiger charge is -2.26. The molecule has 0 radical (unpaired) electrons. The van der Waals surface area contributed by atoms with E-state index in [1.165, 1.54) is 25.7 Å². The minimum absolute atomic E-state index is 0.0513. The summed E-state index contributed by atoms with van der Waals surface area (Å²) in [6, 6.07) is 21.6. The maximum atomic E-state index is 13.8. The number of aromatic nitrogens is 2. The van der Waals surface area contributed by atoms with Crippen LogP contribution >= 0.6 is 0 Å². The molecule has 1 aliphatic carbocycles. The number of H-pyrrole nitrogens is 1. The van der Waals surface area contributed by atoms with E-state index in [2.05, 4.69) is 16.4 Å². The number of nitrogens with one attached hydrogen (secondary N) is 2. The number of aldehydes is 1. The maximum absolute atomic E-state index is 13.8. The minimum atomic E-state index is -0.495. The van der Waals surface area contributed by atoms with E-state index in [1.54, 1.807) is 11.9 Å². The van der Waals surface area contributed by atoms with E-state index >= 15 is 0 Å². The summed E-state index contributed by atoms with van der Waals surface area (Å²) in [4.78, 5) is 35.8. The number of fused-ring (bicyclic) bond motifs is 1. The number of benzene rings is 2. The number of amides is 1. The highest BCUT2D eigenvalue weighted by Crippen LogP contribution is 2.33. The van der Waals surface area contributed by atoms with E-state index in [4.69, 9.17) is 4.98 Å². The number of hydrogen-bond donors (Lipinski definition) is 2. The van der Waals surface area contributed by atoms with Gasteiger partial charge >= 0.3 is 0 Å². The Bertz CT molecular complexity index is 1370. The second-order valence-corrected chi connectivity index (χ2v) is 10.4. The standard InChI is InChI=1S/C32H36N4O2/c1-22-31(27-14-8-9-15-29(27)35-22)25(21-37)19-33-30(18-23-10-4-3-5-11-23)32(38)36(2)26-16-17-28(34-20-26)24-12-6-7-13-24/h3-5,8-11,14-17,20-21,24-25,30,33,35H,6-7,12-13,18-19H2,1-2H3. The molecular weight excluding hydrogens is 472 g/mol. The Morgan fingerprint density at radius 3 is 2.53 bits per heavy atom. The zero-order valence-corrected chi connectivity index (χ0v) is 22.2. The molecule has 1 amide bonds. The highest BCUT2D eigenvalue weighted by Gasteiger charge is 2.27. The largest absolute Gasteiger partial charge is 0.358 e. The fraction of sp³-hybridized carbons (Fsp3) is 0.344. The molecule has 1 saturated carbocycles. The molecular formula is C32H36N4O2. The van der Waals surface area contributed by atoms with Gasteiger partial charge in [0.05, 0.1) is 23.8 Å². The number of para-hydroxylation sites is 1. The number of carbonyl (C=O) groups excluding carboxylic acids is 2. The van der Waals surface area contributed by atoms with Crippen molar-refractivity contribution in [3.05, 3.63) is 95.4 Å². The van der Waals surface area contributed by atoms with Crippen LogP contribution in [0.3, 0.4) is 0 Å². The first kappa shape index (κ1) is 25.9. The molecule has 5 rings (SSSR count). The summed E-state index contributed by atoms with van der Waals surface area (Å²) >= 11 is 0. The lowest BCUT2D eigenvalue weighted by Crippen LogP contribution is -2.47. The van der Waals surface area contributed by atoms with Crippen LogP contribution in [0, 0.1) is 6.92 Å². The van der Waals surface area contributed by atoms with Gasteiger partial charge in [-0.2, -0.15) is 0 Å². The molecule has 0 bridgehead atoms. The molecule has 196 valence electrons. The van der Waals surface area contributed by atoms with Gasteiger partial charge in [0.1, 0.15) is 6.29 Å². The average molecular weight is 509 g/mol. The average Bonchev–Trinajstić information content (AvgIpc) is 3.61. The third-order valence-corrected chi connectivity index (χ3v) is 7.91. The molecule has 0 spiro atoms. The van der Waals surface area contributed by atoms with Crippen molar-refractivity contribution in [3.8, 4) is 0 Å². The molecule has 2 unspecified atom stereocenters. The number of likely N-dealkylation sites (N-methyl/N-ethyl adjacent to an activating group) is 1. The van der Waals surface area contributed by atoms with Crippen molar-refractivity contribution in [2.24, 2.45) is 0 Å². The van der Waals surface area contributed by atoms with Gasteiger partial charge < -0.3 is 20.0 Å². The van der Waals surface area contributed by atoms with Gasteiger partial charge in [0, 0.05) is 41.8 Å². The van der Waals surface area contributed by atoms with Gasteiger partial charge in [-0.25, -0.2) is 0 Å². The molecule has 2 aromatic heterocycles. The van der Waals surface area contributed by atoms with Crippen molar-refractivity contribution in [1.82, 2.24) is 15.3 Å². The zero-order valence-electron chi connectivity index (χ0n) is 22.2. The number of rotatable bonds is 10. The molecule has 6 heteroatoms. The second-order valence-electron chi connectivity index (χ2n) is 10.4. The van der Waals surface area contributed by atoms with E-state index in [-0.39, 0.29) is 11.8 Å². The van der Waals surface area contributed by atoms with Crippen molar-refractivity contribution >= 4 is 28.8 Å². The molecule has 2 N–H and O–H groups in total. The molecule has 2 heterocycles. The van der Waals surface area contributed by atoms with E-state index < -0.39 is 6.04 Å². The normalized spacial score (nSPS) is 15.4. The molecule has 1 aliphatic rings. The molecule has 0 saturated heterocycles. The van der Waals surface area contributed by atoms with Crippen LogP contribution in [-0.4, -0.2) is 41.8 Å². The van der Waals surface area contributed by atoms with Crippen LogP contribution in [0.2, 0.25) is 0 Å². The fourth-order valence-corrected chi connectivity index (χ4v) is 5.78. The van der Waals surface area contributed by atoms with E-state index in [0.717, 1.165) is 45.4 Å². The van der Waals surface area contributed by atoms with Gasteiger partial charge in [-0.1, -0.05) is 61.4 Å². The molecule has 2 aromatic carbocycles. The van der Waals surface area contributed by atoms with Crippen molar-refractivity contribution in [2.75, 3.05) is 18.5 Å². The Morgan fingerprint density at radius 2 is 1.82 bits per heavy atom. The van der Waals surface area contributed by atoms with Crippen molar-refractivity contribution < 1.29 is 9.59 Å². The van der Waals surface area contributed by atoms with E-state index in [0.29, 0.717) is 18.9 Å². The first-order valence-electron chi connectivity index (χ1n) is 13.6. The number of hydrogen-bond acceptors (Lipinski definition) is 4. The molecule has 4 aromatic rings. The van der Waals surface area contributed by atoms with Crippen LogP contribution in [0.5, 0.6) is 0 Å². The molecule has 0 aliphatic heterocycles. The quantitative estimate of drug-likeness (QED) is 0.270. The summed E-state index contributed by atoms with van der Waals surface area (Å²) < 4.78 is 0. The van der Waals surface area contributed by atoms with Gasteiger partial charge in [0.2, 0.25) is 5.91 Å². The highest BCUT2D eigenvalue weighted by molar-refractivity contribution is 5.97. The van der Waals surface area contributed by atoms with Gasteiger partial charge in [0.15, 0.2) is 0 Å². The number of aryl methyl sites for hydroxylation is 1. The SMILES string of the molecule is Cc1[nH]c2ccccc2c1C(C=O)CNC(Cc1ccccc1)C(=O)N(C)c1ccc(C2CCCC2)nc1. The predicted molar refractivity (Wildman–Crippen MR) is 153 cm³/mol. The van der Waals surface area contributed by atoms with Crippen molar-refractivity contribution in [3.63, 3.8) is 0 Å². The molecule has 1 fully saturated rings. The van der Waals surface area contributed by atoms with Crippen LogP contribution in [0.25, 0.3) is 10.9 Å². The van der Waals surface area contributed by atoms with Gasteiger partial charge in [-0.05, 0) is 55.5 Å². The van der Waals surface area contributed by atoms with Crippen LogP contribution in [0.1, 0.15) is 60.0 Å². The van der Waals surface area contributed by atoms with Crippen LogP contribution in [0.15, 0.2) is 72.9 Å². The molecule has 6 nitrogen and oxygen atoms in total. The first-order valence-corrected chi connectivity index (χ1v) is 13.6. The number of pyridine rings is 1. The molecule has 38 heavy (non-hydrogen) atoms. The lowest BCUT2D eigenvalue weighted by atomic mass is 9.96. The Hall–Kier alpha value is -3.77. The summed E-state index contributed by atoms with van der Waals surface area (Å²) in [5.41, 5.74) is 5.92. The smallest absolute Gasteiger partial charge is 0.244 e. The Labute approximate surface area is 224 Å². The number of anilines is 1. The van der Waals surface area contributed by atoms with Crippen LogP contribution in [0.4, 0.5) is 5.69 Å². The third-order valence-electron chi connectivity index (χ3n) is 7.91. The van der Waals surface area contributed by atoms with Crippen molar-refractivity contribution in [1.29, 1.82) is 0 Å². The van der Waals surface area contributed by atoms with Gasteiger partial charge in [-0.3, -0.25) is 9.78 Å². The fourth-order valence-electron chi connectivity index (χ4n) is 5.78. The topological polar surface area (TPSA) is 78.1 Å². The predicted octanol–water partition coefficient (Wildman–Crippen LogP) is 5.68. The minimum Gasteiger partial charge on any atom is -0.358 e. The number of carbonyl (C=O) groups is 2.